The van der Waals surface area contributed by atoms with Gasteiger partial charge in [-0.25, -0.2) is 5.01 Å². The van der Waals surface area contributed by atoms with Crippen LogP contribution in [-0.2, 0) is 14.3 Å². The Labute approximate surface area is 109 Å². The van der Waals surface area contributed by atoms with Crippen LogP contribution in [0.15, 0.2) is 0 Å². The van der Waals surface area contributed by atoms with E-state index in [1.54, 1.807) is 6.92 Å². The molecule has 0 radical (unpaired) electrons. The lowest BCUT2D eigenvalue weighted by Crippen LogP contribution is -2.49. The maximum Gasteiger partial charge on any atom is 0.263 e. The van der Waals surface area contributed by atoms with Gasteiger partial charge in [-0.3, -0.25) is 10.2 Å². The molecule has 2 atom stereocenters. The van der Waals surface area contributed by atoms with E-state index >= 15 is 0 Å². The number of amides is 1. The van der Waals surface area contributed by atoms with Crippen LogP contribution in [-0.4, -0.2) is 49.4 Å². The molecule has 1 amide bonds. The van der Waals surface area contributed by atoms with Crippen molar-refractivity contribution >= 4 is 5.91 Å². The van der Waals surface area contributed by atoms with Crippen molar-refractivity contribution in [3.63, 3.8) is 0 Å². The fourth-order valence-electron chi connectivity index (χ4n) is 2.36. The van der Waals surface area contributed by atoms with Gasteiger partial charge in [0.05, 0.1) is 12.7 Å². The number of nitrogens with zero attached hydrogens (tertiary/aromatic N) is 1. The van der Waals surface area contributed by atoms with Crippen molar-refractivity contribution in [2.45, 2.75) is 51.2 Å². The summed E-state index contributed by atoms with van der Waals surface area (Å²) in [4.78, 5) is 11.9. The third kappa shape index (κ3) is 4.23. The second-order valence-electron chi connectivity index (χ2n) is 5.13. The largest absolute Gasteiger partial charge is 0.376 e. The monoisotopic (exact) mass is 256 g/mol. The predicted molar refractivity (Wildman–Crippen MR) is 68.0 cm³/mol. The van der Waals surface area contributed by atoms with E-state index in [1.165, 1.54) is 6.42 Å². The summed E-state index contributed by atoms with van der Waals surface area (Å²) in [6.45, 7) is 5.04. The number of carbonyl (C=O) groups excluding carboxylic acids is 1. The minimum absolute atomic E-state index is 0.0464. The summed E-state index contributed by atoms with van der Waals surface area (Å²) in [5, 5.41) is 2.00. The van der Waals surface area contributed by atoms with Crippen molar-refractivity contribution in [3.8, 4) is 0 Å². The fourth-order valence-corrected chi connectivity index (χ4v) is 2.36. The van der Waals surface area contributed by atoms with Crippen molar-refractivity contribution in [1.29, 1.82) is 0 Å². The number of hydrazine groups is 1. The smallest absolute Gasteiger partial charge is 0.263 e. The topological polar surface area (TPSA) is 50.8 Å². The Kier molecular flexibility index (Phi) is 5.41. The number of carbonyl (C=O) groups is 1. The van der Waals surface area contributed by atoms with Crippen LogP contribution in [0.2, 0.25) is 0 Å². The second-order valence-corrected chi connectivity index (χ2v) is 5.13. The summed E-state index contributed by atoms with van der Waals surface area (Å²) < 4.78 is 11.0. The molecule has 0 aromatic carbocycles. The molecule has 0 bridgehead atoms. The van der Waals surface area contributed by atoms with Gasteiger partial charge in [0.2, 0.25) is 0 Å². The zero-order valence-corrected chi connectivity index (χ0v) is 11.2. The predicted octanol–water partition coefficient (Wildman–Crippen LogP) is 1.09. The van der Waals surface area contributed by atoms with E-state index in [2.05, 4.69) is 5.43 Å². The summed E-state index contributed by atoms with van der Waals surface area (Å²) in [5.74, 6) is -0.0464. The van der Waals surface area contributed by atoms with Crippen molar-refractivity contribution < 1.29 is 14.3 Å². The first kappa shape index (κ1) is 13.8. The summed E-state index contributed by atoms with van der Waals surface area (Å²) in [6.07, 6.45) is 5.49. The first-order valence-corrected chi connectivity index (χ1v) is 7.04. The van der Waals surface area contributed by atoms with Crippen LogP contribution in [0, 0.1) is 0 Å². The van der Waals surface area contributed by atoms with Crippen LogP contribution < -0.4 is 5.43 Å². The Morgan fingerprint density at radius 3 is 2.83 bits per heavy atom. The number of rotatable bonds is 5. The van der Waals surface area contributed by atoms with Crippen molar-refractivity contribution in [2.75, 3.05) is 26.3 Å². The molecule has 2 fully saturated rings. The van der Waals surface area contributed by atoms with Crippen LogP contribution in [0.5, 0.6) is 0 Å². The van der Waals surface area contributed by atoms with Crippen LogP contribution in [0.1, 0.15) is 39.0 Å². The highest BCUT2D eigenvalue weighted by atomic mass is 16.5. The first-order chi connectivity index (χ1) is 8.75. The lowest BCUT2D eigenvalue weighted by Gasteiger charge is -2.28. The Hall–Kier alpha value is -0.650. The highest BCUT2D eigenvalue weighted by molar-refractivity contribution is 5.79. The number of ether oxygens (including phenoxy) is 2. The van der Waals surface area contributed by atoms with Gasteiger partial charge in [0.25, 0.3) is 5.91 Å². The van der Waals surface area contributed by atoms with Crippen molar-refractivity contribution in [2.24, 2.45) is 0 Å². The normalized spacial score (nSPS) is 27.1. The molecular weight excluding hydrogens is 232 g/mol. The molecule has 18 heavy (non-hydrogen) atoms. The van der Waals surface area contributed by atoms with Gasteiger partial charge in [0.1, 0.15) is 6.10 Å². The molecule has 2 aliphatic heterocycles. The lowest BCUT2D eigenvalue weighted by atomic mass is 10.2. The number of hydrogen-bond donors (Lipinski definition) is 1. The molecule has 0 aromatic heterocycles. The standard InChI is InChI=1S/C13H24N2O3/c1-11(18-10-12-6-5-9-17-12)13(16)14-15-7-3-2-4-8-15/h11-12H,2-10H2,1H3,(H,14,16)/t11-,12-/m0/s1. The second kappa shape index (κ2) is 7.07. The van der Waals surface area contributed by atoms with Crippen LogP contribution in [0.25, 0.3) is 0 Å². The molecule has 2 heterocycles. The Balaban J connectivity index is 1.63. The van der Waals surface area contributed by atoms with Crippen LogP contribution >= 0.6 is 0 Å². The summed E-state index contributed by atoms with van der Waals surface area (Å²) in [6, 6.07) is 0. The third-order valence-electron chi connectivity index (χ3n) is 3.55. The Morgan fingerprint density at radius 1 is 1.39 bits per heavy atom. The molecule has 1 N–H and O–H groups in total. The van der Waals surface area contributed by atoms with Crippen molar-refractivity contribution in [1.82, 2.24) is 10.4 Å². The minimum atomic E-state index is -0.406. The molecule has 0 aliphatic carbocycles. The Morgan fingerprint density at radius 2 is 2.17 bits per heavy atom. The van der Waals surface area contributed by atoms with Gasteiger partial charge in [-0.05, 0) is 32.6 Å². The number of hydrogen-bond acceptors (Lipinski definition) is 4. The Bertz CT molecular complexity index is 261. The number of nitrogens with one attached hydrogen (secondary N) is 1. The van der Waals surface area contributed by atoms with E-state index in [1.807, 2.05) is 5.01 Å². The van der Waals surface area contributed by atoms with Crippen LogP contribution in [0.3, 0.4) is 0 Å². The molecule has 2 aliphatic rings. The highest BCUT2D eigenvalue weighted by Gasteiger charge is 2.21. The summed E-state index contributed by atoms with van der Waals surface area (Å²) in [7, 11) is 0. The quantitative estimate of drug-likeness (QED) is 0.800. The maximum atomic E-state index is 11.9. The third-order valence-corrected chi connectivity index (χ3v) is 3.55. The van der Waals surface area contributed by atoms with Crippen molar-refractivity contribution in [3.05, 3.63) is 0 Å². The molecule has 5 heteroatoms. The molecule has 5 nitrogen and oxygen atoms in total. The van der Waals surface area contributed by atoms with Gasteiger partial charge >= 0.3 is 0 Å². The maximum absolute atomic E-state index is 11.9. The molecular formula is C13H24N2O3. The average molecular weight is 256 g/mol. The van der Waals surface area contributed by atoms with Gasteiger partial charge < -0.3 is 9.47 Å². The molecule has 104 valence electrons. The van der Waals surface area contributed by atoms with Gasteiger partial charge in [0, 0.05) is 19.7 Å². The van der Waals surface area contributed by atoms with E-state index in [9.17, 15) is 4.79 Å². The van der Waals surface area contributed by atoms with Gasteiger partial charge in [-0.1, -0.05) is 6.42 Å². The van der Waals surface area contributed by atoms with E-state index in [0.717, 1.165) is 45.4 Å². The summed E-state index contributed by atoms with van der Waals surface area (Å²) >= 11 is 0. The van der Waals surface area contributed by atoms with E-state index in [-0.39, 0.29) is 12.0 Å². The van der Waals surface area contributed by atoms with E-state index in [0.29, 0.717) is 6.61 Å². The average Bonchev–Trinajstić information content (AvgIpc) is 2.90. The van der Waals surface area contributed by atoms with Gasteiger partial charge in [-0.15, -0.1) is 0 Å². The molecule has 0 aromatic rings. The zero-order valence-electron chi connectivity index (χ0n) is 11.2. The fraction of sp³-hybridized carbons (Fsp3) is 0.923. The zero-order chi connectivity index (χ0) is 12.8. The lowest BCUT2D eigenvalue weighted by molar-refractivity contribution is -0.139. The highest BCUT2D eigenvalue weighted by Crippen LogP contribution is 2.13. The minimum Gasteiger partial charge on any atom is -0.376 e. The molecule has 0 unspecified atom stereocenters. The first-order valence-electron chi connectivity index (χ1n) is 7.04. The number of piperidine rings is 1. The van der Waals surface area contributed by atoms with Gasteiger partial charge in [-0.2, -0.15) is 0 Å². The van der Waals surface area contributed by atoms with Gasteiger partial charge in [0.15, 0.2) is 0 Å². The molecule has 2 saturated heterocycles. The van der Waals surface area contributed by atoms with E-state index in [4.69, 9.17) is 9.47 Å². The molecule has 0 saturated carbocycles. The molecule has 0 spiro atoms. The SMILES string of the molecule is C[C@H](OC[C@@H]1CCCO1)C(=O)NN1CCCCC1. The summed E-state index contributed by atoms with van der Waals surface area (Å²) in [5.41, 5.74) is 2.92. The van der Waals surface area contributed by atoms with E-state index < -0.39 is 6.10 Å². The molecule has 2 rings (SSSR count). The van der Waals surface area contributed by atoms with Crippen LogP contribution in [0.4, 0.5) is 0 Å².